The van der Waals surface area contributed by atoms with Gasteiger partial charge in [0.1, 0.15) is 11.5 Å². The van der Waals surface area contributed by atoms with Gasteiger partial charge in [-0.1, -0.05) is 84.9 Å². The summed E-state index contributed by atoms with van der Waals surface area (Å²) in [4.78, 5) is 4.28. The molecule has 27 heavy (non-hydrogen) atoms. The molecule has 0 amide bonds. The fourth-order valence-corrected chi connectivity index (χ4v) is 3.55. The van der Waals surface area contributed by atoms with Gasteiger partial charge in [-0.05, 0) is 11.6 Å². The second kappa shape index (κ2) is 6.58. The van der Waals surface area contributed by atoms with Crippen LogP contribution in [0.2, 0.25) is 0 Å². The van der Waals surface area contributed by atoms with Crippen LogP contribution in [-0.2, 0) is 0 Å². The van der Waals surface area contributed by atoms with Gasteiger partial charge in [0.25, 0.3) is 0 Å². The number of hydrogen-bond acceptors (Lipinski definition) is 2. The second-order valence-electron chi connectivity index (χ2n) is 6.46. The van der Waals surface area contributed by atoms with E-state index in [1.165, 1.54) is 0 Å². The summed E-state index contributed by atoms with van der Waals surface area (Å²) in [5, 5.41) is 2.24. The first kappa shape index (κ1) is 15.6. The van der Waals surface area contributed by atoms with E-state index in [2.05, 4.69) is 71.7 Å². The van der Waals surface area contributed by atoms with Crippen molar-refractivity contribution >= 4 is 10.8 Å². The van der Waals surface area contributed by atoms with Gasteiger partial charge in [-0.2, -0.15) is 0 Å². The summed E-state index contributed by atoms with van der Waals surface area (Å²) in [6, 6.07) is 31.0. The molecule has 2 heterocycles. The summed E-state index contributed by atoms with van der Waals surface area (Å²) in [7, 11) is 0. The summed E-state index contributed by atoms with van der Waals surface area (Å²) in [5.41, 5.74) is 4.35. The lowest BCUT2D eigenvalue weighted by Gasteiger charge is -2.08. The molecule has 0 fully saturated rings. The van der Waals surface area contributed by atoms with E-state index in [4.69, 9.17) is 4.42 Å². The molecule has 2 heteroatoms. The number of benzene rings is 3. The van der Waals surface area contributed by atoms with Gasteiger partial charge in [0.05, 0.1) is 0 Å². The minimum Gasteiger partial charge on any atom is -0.455 e. The highest BCUT2D eigenvalue weighted by Gasteiger charge is 2.18. The third kappa shape index (κ3) is 2.72. The lowest BCUT2D eigenvalue weighted by Crippen LogP contribution is -1.84. The van der Waals surface area contributed by atoms with E-state index in [0.29, 0.717) is 0 Å². The maximum atomic E-state index is 6.48. The minimum atomic E-state index is 0.893. The van der Waals surface area contributed by atoms with Crippen molar-refractivity contribution in [2.24, 2.45) is 0 Å². The number of furan rings is 1. The molecule has 3 aromatic carbocycles. The predicted molar refractivity (Wildman–Crippen MR) is 110 cm³/mol. The van der Waals surface area contributed by atoms with Gasteiger partial charge in [-0.15, -0.1) is 0 Å². The highest BCUT2D eigenvalue weighted by atomic mass is 16.3. The van der Waals surface area contributed by atoms with Crippen LogP contribution >= 0.6 is 0 Å². The number of hydrogen-bond donors (Lipinski definition) is 0. The third-order valence-electron chi connectivity index (χ3n) is 4.80. The third-order valence-corrected chi connectivity index (χ3v) is 4.80. The fraction of sp³-hybridized carbons (Fsp3) is 0. The van der Waals surface area contributed by atoms with Crippen LogP contribution in [0.3, 0.4) is 0 Å². The van der Waals surface area contributed by atoms with Gasteiger partial charge in [0.2, 0.25) is 0 Å². The Morgan fingerprint density at radius 1 is 0.519 bits per heavy atom. The molecule has 5 aromatic rings. The Bertz CT molecular complexity index is 1210. The molecule has 0 unspecified atom stereocenters. The summed E-state index contributed by atoms with van der Waals surface area (Å²) in [5.74, 6) is 1.80. The lowest BCUT2D eigenvalue weighted by molar-refractivity contribution is 0.602. The average Bonchev–Trinajstić information content (AvgIpc) is 3.15. The van der Waals surface area contributed by atoms with Crippen molar-refractivity contribution in [2.45, 2.75) is 0 Å². The standard InChI is InChI=1S/C25H17NO/c1-2-9-18(10-3-1)24-22-14-6-7-15-23(22)25(27-24)21-13-5-4-12-20(21)19-11-8-16-26-17-19/h1-17H. The van der Waals surface area contributed by atoms with Crippen LogP contribution < -0.4 is 0 Å². The topological polar surface area (TPSA) is 26.0 Å². The van der Waals surface area contributed by atoms with E-state index in [0.717, 1.165) is 44.5 Å². The van der Waals surface area contributed by atoms with Gasteiger partial charge in [-0.25, -0.2) is 0 Å². The molecule has 0 N–H and O–H groups in total. The van der Waals surface area contributed by atoms with Crippen LogP contribution in [0.4, 0.5) is 0 Å². The summed E-state index contributed by atoms with van der Waals surface area (Å²) < 4.78 is 6.48. The van der Waals surface area contributed by atoms with Gasteiger partial charge in [0, 0.05) is 39.9 Å². The lowest BCUT2D eigenvalue weighted by atomic mass is 9.97. The number of rotatable bonds is 3. The first-order valence-electron chi connectivity index (χ1n) is 8.98. The minimum absolute atomic E-state index is 0.893. The smallest absolute Gasteiger partial charge is 0.143 e. The number of fused-ring (bicyclic) bond motifs is 1. The Labute approximate surface area is 157 Å². The van der Waals surface area contributed by atoms with Crippen molar-refractivity contribution in [3.63, 3.8) is 0 Å². The van der Waals surface area contributed by atoms with E-state index in [-0.39, 0.29) is 0 Å². The first-order valence-corrected chi connectivity index (χ1v) is 8.98. The highest BCUT2D eigenvalue weighted by molar-refractivity contribution is 6.04. The highest BCUT2D eigenvalue weighted by Crippen LogP contribution is 2.42. The van der Waals surface area contributed by atoms with Gasteiger partial charge in [-0.3, -0.25) is 4.98 Å². The zero-order chi connectivity index (χ0) is 18.1. The molecule has 0 aliphatic heterocycles. The molecule has 2 aromatic heterocycles. The molecule has 0 bridgehead atoms. The number of nitrogens with zero attached hydrogens (tertiary/aromatic N) is 1. The molecule has 2 nitrogen and oxygen atoms in total. The Morgan fingerprint density at radius 3 is 1.89 bits per heavy atom. The van der Waals surface area contributed by atoms with E-state index >= 15 is 0 Å². The Kier molecular flexibility index (Phi) is 3.80. The van der Waals surface area contributed by atoms with Crippen molar-refractivity contribution in [3.8, 4) is 33.8 Å². The van der Waals surface area contributed by atoms with Crippen LogP contribution in [-0.4, -0.2) is 4.98 Å². The SMILES string of the molecule is c1ccc(-c2oc(-c3ccccc3-c3cccnc3)c3ccccc23)cc1. The molecular formula is C25H17NO. The van der Waals surface area contributed by atoms with Gasteiger partial charge in [0.15, 0.2) is 0 Å². The Hall–Kier alpha value is -3.65. The normalized spacial score (nSPS) is 11.0. The van der Waals surface area contributed by atoms with Crippen molar-refractivity contribution in [1.82, 2.24) is 4.98 Å². The largest absolute Gasteiger partial charge is 0.455 e. The average molecular weight is 347 g/mol. The van der Waals surface area contributed by atoms with Crippen molar-refractivity contribution < 1.29 is 4.42 Å². The monoisotopic (exact) mass is 347 g/mol. The number of aromatic nitrogens is 1. The molecule has 0 saturated carbocycles. The molecular weight excluding hydrogens is 330 g/mol. The summed E-state index contributed by atoms with van der Waals surface area (Å²) in [6.07, 6.45) is 3.68. The molecule has 0 spiro atoms. The van der Waals surface area contributed by atoms with Gasteiger partial charge < -0.3 is 4.42 Å². The molecule has 0 aliphatic rings. The summed E-state index contributed by atoms with van der Waals surface area (Å²) in [6.45, 7) is 0. The maximum Gasteiger partial charge on any atom is 0.143 e. The van der Waals surface area contributed by atoms with Crippen molar-refractivity contribution in [2.75, 3.05) is 0 Å². The van der Waals surface area contributed by atoms with E-state index < -0.39 is 0 Å². The van der Waals surface area contributed by atoms with Crippen molar-refractivity contribution in [1.29, 1.82) is 0 Å². The fourth-order valence-electron chi connectivity index (χ4n) is 3.55. The van der Waals surface area contributed by atoms with E-state index in [1.54, 1.807) is 6.20 Å². The van der Waals surface area contributed by atoms with Crippen LogP contribution in [0, 0.1) is 0 Å². The Morgan fingerprint density at radius 2 is 1.15 bits per heavy atom. The molecule has 0 aliphatic carbocycles. The van der Waals surface area contributed by atoms with Gasteiger partial charge >= 0.3 is 0 Å². The molecule has 0 radical (unpaired) electrons. The van der Waals surface area contributed by atoms with Crippen LogP contribution in [0.1, 0.15) is 0 Å². The molecule has 0 saturated heterocycles. The second-order valence-corrected chi connectivity index (χ2v) is 6.46. The zero-order valence-electron chi connectivity index (χ0n) is 14.7. The van der Waals surface area contributed by atoms with Crippen LogP contribution in [0.15, 0.2) is 108 Å². The van der Waals surface area contributed by atoms with E-state index in [9.17, 15) is 0 Å². The molecule has 5 rings (SSSR count). The van der Waals surface area contributed by atoms with Crippen molar-refractivity contribution in [3.05, 3.63) is 103 Å². The predicted octanol–water partition coefficient (Wildman–Crippen LogP) is 6.83. The van der Waals surface area contributed by atoms with Crippen LogP contribution in [0.5, 0.6) is 0 Å². The Balaban J connectivity index is 1.79. The van der Waals surface area contributed by atoms with E-state index in [1.807, 2.05) is 30.5 Å². The maximum absolute atomic E-state index is 6.48. The quantitative estimate of drug-likeness (QED) is 0.357. The zero-order valence-corrected chi connectivity index (χ0v) is 14.7. The number of pyridine rings is 1. The first-order chi connectivity index (χ1) is 13.4. The molecule has 0 atom stereocenters. The molecule has 128 valence electrons. The summed E-state index contributed by atoms with van der Waals surface area (Å²) >= 11 is 0. The van der Waals surface area contributed by atoms with Crippen LogP contribution in [0.25, 0.3) is 44.5 Å².